The molecule has 3 aliphatic carbocycles. The van der Waals surface area contributed by atoms with E-state index in [1.807, 2.05) is 13.8 Å². The van der Waals surface area contributed by atoms with Gasteiger partial charge in [0.15, 0.2) is 28.7 Å². The van der Waals surface area contributed by atoms with Crippen molar-refractivity contribution in [3.8, 4) is 5.75 Å². The Morgan fingerprint density at radius 2 is 1.85 bits per heavy atom. The lowest BCUT2D eigenvalue weighted by atomic mass is 9.52. The van der Waals surface area contributed by atoms with Crippen molar-refractivity contribution in [2.45, 2.75) is 50.9 Å². The number of likely N-dealkylation sites (N-methyl/N-ethyl adjacent to an activating group) is 2. The zero-order valence-electron chi connectivity index (χ0n) is 23.4. The maximum absolute atomic E-state index is 16.2. The summed E-state index contributed by atoms with van der Waals surface area (Å²) in [7, 11) is 4.71. The third-order valence-corrected chi connectivity index (χ3v) is 9.35. The number of carbonyl (C=O) groups excluding carboxylic acids is 5. The minimum atomic E-state index is -2.65. The largest absolute Gasteiger partial charge is 0.505 e. The smallest absolute Gasteiger partial charge is 0.242 e. The predicted octanol–water partition coefficient (Wildman–Crippen LogP) is -0.135. The summed E-state index contributed by atoms with van der Waals surface area (Å²) in [6.45, 7) is 3.62. The molecule has 0 saturated heterocycles. The number of phenolic OH excluding ortho intramolecular Hbond substituents is 1. The molecule has 13 heteroatoms. The van der Waals surface area contributed by atoms with Crippen molar-refractivity contribution in [3.63, 3.8) is 0 Å². The minimum Gasteiger partial charge on any atom is -0.505 e. The highest BCUT2D eigenvalue weighted by atomic mass is 19.1. The molecule has 1 aromatic rings. The van der Waals surface area contributed by atoms with Crippen molar-refractivity contribution in [3.05, 3.63) is 22.5 Å². The molecule has 6 N–H and O–H groups in total. The molecule has 5 rings (SSSR count). The number of nitrogens with one attached hydrogen (secondary N) is 2. The van der Waals surface area contributed by atoms with Gasteiger partial charge in [-0.2, -0.15) is 0 Å². The Morgan fingerprint density at radius 3 is 2.41 bits per heavy atom. The summed E-state index contributed by atoms with van der Waals surface area (Å²) in [5.74, 6) is -11.5. The predicted molar refractivity (Wildman–Crippen MR) is 143 cm³/mol. The molecule has 2 saturated carbocycles. The van der Waals surface area contributed by atoms with Crippen molar-refractivity contribution in [2.75, 3.05) is 26.5 Å². The normalized spacial score (nSPS) is 33.6. The first-order chi connectivity index (χ1) is 19.0. The Kier molecular flexibility index (Phi) is 6.71. The molecule has 7 unspecified atom stereocenters. The zero-order valence-corrected chi connectivity index (χ0v) is 23.4. The van der Waals surface area contributed by atoms with Crippen LogP contribution in [0.1, 0.15) is 41.8 Å². The van der Waals surface area contributed by atoms with Gasteiger partial charge in [-0.05, 0) is 45.8 Å². The second kappa shape index (κ2) is 9.50. The van der Waals surface area contributed by atoms with Crippen LogP contribution in [-0.4, -0.2) is 93.7 Å². The van der Waals surface area contributed by atoms with Crippen LogP contribution in [0.5, 0.6) is 5.75 Å². The maximum atomic E-state index is 16.2. The summed E-state index contributed by atoms with van der Waals surface area (Å²) in [6.07, 6.45) is -0.271. The third kappa shape index (κ3) is 3.82. The number of aromatic hydroxyl groups is 1. The molecule has 0 spiro atoms. The van der Waals surface area contributed by atoms with E-state index in [1.165, 1.54) is 19.0 Å². The van der Waals surface area contributed by atoms with Crippen LogP contribution in [0.25, 0.3) is 0 Å². The number of hydrogen-bond acceptors (Lipinski definition) is 10. The van der Waals surface area contributed by atoms with E-state index in [-0.39, 0.29) is 42.1 Å². The molecule has 220 valence electrons. The van der Waals surface area contributed by atoms with Gasteiger partial charge in [-0.1, -0.05) is 13.8 Å². The lowest BCUT2D eigenvalue weighted by Gasteiger charge is -2.53. The SMILES string of the molecule is CC(C)C1C(=O)Nc2c(O)c3c(c(F)c2CN1C)CC1CC2C(N(C)C)C(=O)C(C(N)=O)C(=N)C2(O)C(=O)C1C3=O. The van der Waals surface area contributed by atoms with Gasteiger partial charge in [-0.25, -0.2) is 4.39 Å². The number of halogens is 1. The van der Waals surface area contributed by atoms with E-state index >= 15 is 4.39 Å². The van der Waals surface area contributed by atoms with Crippen molar-refractivity contribution in [2.24, 2.45) is 35.3 Å². The van der Waals surface area contributed by atoms with Gasteiger partial charge >= 0.3 is 0 Å². The van der Waals surface area contributed by atoms with Crippen molar-refractivity contribution < 1.29 is 38.6 Å². The summed E-state index contributed by atoms with van der Waals surface area (Å²) in [5.41, 5.74) is 1.06. The molecule has 0 bridgehead atoms. The Bertz CT molecular complexity index is 1440. The number of rotatable bonds is 3. The standard InChI is InChI=1S/C28H34FN5O7/c1-9(2)19-27(40)32-18-12(8-34(19)5)17(29)11-6-10-7-13-20(33(3)4)23(37)16(26(31)39)24(30)28(13,41)25(38)14(10)21(35)15(11)22(18)36/h9-10,13-14,16,19-20,30,36,41H,6-8H2,1-5H3,(H2,31,39)(H,32,40). The van der Waals surface area contributed by atoms with Gasteiger partial charge in [-0.15, -0.1) is 0 Å². The van der Waals surface area contributed by atoms with Gasteiger partial charge in [-0.3, -0.25) is 33.8 Å². The van der Waals surface area contributed by atoms with Gasteiger partial charge in [0, 0.05) is 23.6 Å². The molecule has 1 heterocycles. The Labute approximate surface area is 235 Å². The molecule has 2 fully saturated rings. The number of carbonyl (C=O) groups is 5. The molecule has 41 heavy (non-hydrogen) atoms. The number of anilines is 1. The monoisotopic (exact) mass is 571 g/mol. The van der Waals surface area contributed by atoms with Crippen LogP contribution in [0, 0.1) is 40.8 Å². The van der Waals surface area contributed by atoms with E-state index in [1.54, 1.807) is 11.9 Å². The number of hydrogen-bond donors (Lipinski definition) is 5. The molecule has 1 aromatic carbocycles. The van der Waals surface area contributed by atoms with Gasteiger partial charge < -0.3 is 26.7 Å². The zero-order chi connectivity index (χ0) is 30.5. The first-order valence-electron chi connectivity index (χ1n) is 13.5. The summed E-state index contributed by atoms with van der Waals surface area (Å²) < 4.78 is 16.2. The number of nitrogens with zero attached hydrogens (tertiary/aromatic N) is 2. The van der Waals surface area contributed by atoms with Crippen LogP contribution in [-0.2, 0) is 32.1 Å². The fourth-order valence-corrected chi connectivity index (χ4v) is 7.65. The summed E-state index contributed by atoms with van der Waals surface area (Å²) >= 11 is 0. The first-order valence-corrected chi connectivity index (χ1v) is 13.5. The number of aliphatic hydroxyl groups is 1. The molecule has 1 aliphatic heterocycles. The van der Waals surface area contributed by atoms with Crippen LogP contribution in [0.3, 0.4) is 0 Å². The highest BCUT2D eigenvalue weighted by Crippen LogP contribution is 2.52. The van der Waals surface area contributed by atoms with Crippen LogP contribution in [0.2, 0.25) is 0 Å². The average molecular weight is 572 g/mol. The van der Waals surface area contributed by atoms with Crippen LogP contribution in [0.4, 0.5) is 10.1 Å². The average Bonchev–Trinajstić information content (AvgIpc) is 2.99. The van der Waals surface area contributed by atoms with Gasteiger partial charge in [0.05, 0.1) is 35.0 Å². The fraction of sp³-hybridized carbons (Fsp3) is 0.571. The topological polar surface area (TPSA) is 194 Å². The summed E-state index contributed by atoms with van der Waals surface area (Å²) in [6, 6.07) is -1.81. The summed E-state index contributed by atoms with van der Waals surface area (Å²) in [5, 5.41) is 34.2. The molecule has 2 amide bonds. The number of phenols is 1. The van der Waals surface area contributed by atoms with Crippen LogP contribution in [0.15, 0.2) is 0 Å². The molecule has 4 aliphatic rings. The van der Waals surface area contributed by atoms with E-state index in [0.717, 1.165) is 0 Å². The van der Waals surface area contributed by atoms with Gasteiger partial charge in [0.25, 0.3) is 0 Å². The van der Waals surface area contributed by atoms with Crippen molar-refractivity contribution in [1.82, 2.24) is 9.80 Å². The van der Waals surface area contributed by atoms with Crippen molar-refractivity contribution in [1.29, 1.82) is 5.41 Å². The first kappa shape index (κ1) is 29.0. The number of ketones is 3. The van der Waals surface area contributed by atoms with E-state index in [4.69, 9.17) is 11.1 Å². The minimum absolute atomic E-state index is 0.00947. The number of Topliss-reactive ketones (excluding diaryl/α,β-unsaturated/α-hetero) is 3. The third-order valence-electron chi connectivity index (χ3n) is 9.35. The van der Waals surface area contributed by atoms with Crippen LogP contribution >= 0.6 is 0 Å². The lowest BCUT2D eigenvalue weighted by Crippen LogP contribution is -2.73. The molecular formula is C28H34FN5O7. The second-order valence-electron chi connectivity index (χ2n) is 12.3. The quantitative estimate of drug-likeness (QED) is 0.243. The van der Waals surface area contributed by atoms with E-state index < -0.39 is 93.4 Å². The number of amides is 2. The molecule has 7 atom stereocenters. The van der Waals surface area contributed by atoms with E-state index in [9.17, 15) is 34.2 Å². The number of nitrogens with two attached hydrogens (primary N) is 1. The van der Waals surface area contributed by atoms with E-state index in [2.05, 4.69) is 5.32 Å². The molecule has 12 nitrogen and oxygen atoms in total. The Morgan fingerprint density at radius 1 is 1.22 bits per heavy atom. The molecular weight excluding hydrogens is 537 g/mol. The maximum Gasteiger partial charge on any atom is 0.242 e. The highest BCUT2D eigenvalue weighted by Gasteiger charge is 2.67. The highest BCUT2D eigenvalue weighted by molar-refractivity contribution is 6.33. The second-order valence-corrected chi connectivity index (χ2v) is 12.3. The lowest BCUT2D eigenvalue weighted by molar-refractivity contribution is -0.157. The van der Waals surface area contributed by atoms with E-state index in [0.29, 0.717) is 0 Å². The number of fused-ring (bicyclic) bond motifs is 4. The Balaban J connectivity index is 1.65. The Hall–Kier alpha value is -3.55. The molecule has 0 radical (unpaired) electrons. The number of benzene rings is 1. The fourth-order valence-electron chi connectivity index (χ4n) is 7.65. The molecule has 0 aromatic heterocycles. The van der Waals surface area contributed by atoms with Crippen LogP contribution < -0.4 is 11.1 Å². The van der Waals surface area contributed by atoms with Crippen molar-refractivity contribution >= 4 is 40.6 Å². The number of primary amides is 1. The van der Waals surface area contributed by atoms with Gasteiger partial charge in [0.1, 0.15) is 11.7 Å². The van der Waals surface area contributed by atoms with Gasteiger partial charge in [0.2, 0.25) is 11.8 Å². The summed E-state index contributed by atoms with van der Waals surface area (Å²) in [4.78, 5) is 69.5.